The molecule has 100 valence electrons. The molecule has 0 bridgehead atoms. The smallest absolute Gasteiger partial charge is 0.469 e. The average Bonchev–Trinajstić information content (AvgIpc) is 2.23. The topological polar surface area (TPSA) is 68.4 Å². The molecule has 1 aromatic heterocycles. The Bertz CT molecular complexity index is 507. The second kappa shape index (κ2) is 5.11. The van der Waals surface area contributed by atoms with Crippen molar-refractivity contribution >= 4 is 5.97 Å². The highest BCUT2D eigenvalue weighted by Crippen LogP contribution is 2.20. The number of aromatic nitrogens is 1. The quantitative estimate of drug-likeness (QED) is 0.836. The van der Waals surface area contributed by atoms with Crippen molar-refractivity contribution in [3.63, 3.8) is 0 Å². The zero-order valence-corrected chi connectivity index (χ0v) is 9.55. The van der Waals surface area contributed by atoms with Crippen molar-refractivity contribution in [3.05, 3.63) is 27.7 Å². The molecule has 1 N–H and O–H groups in total. The van der Waals surface area contributed by atoms with Crippen LogP contribution >= 0.6 is 0 Å². The van der Waals surface area contributed by atoms with E-state index in [1.807, 2.05) is 0 Å². The van der Waals surface area contributed by atoms with E-state index in [1.165, 1.54) is 6.92 Å². The van der Waals surface area contributed by atoms with Crippen LogP contribution in [0.1, 0.15) is 11.3 Å². The van der Waals surface area contributed by atoms with Gasteiger partial charge in [-0.05, 0) is 18.6 Å². The summed E-state index contributed by atoms with van der Waals surface area (Å²) in [7, 11) is 1.16. The van der Waals surface area contributed by atoms with Gasteiger partial charge in [-0.1, -0.05) is 0 Å². The van der Waals surface area contributed by atoms with Gasteiger partial charge in [0.15, 0.2) is 5.75 Å². The Balaban J connectivity index is 3.05. The molecular weight excluding hydrogens is 255 g/mol. The van der Waals surface area contributed by atoms with E-state index in [4.69, 9.17) is 0 Å². The number of nitrogens with one attached hydrogen (secondary N) is 1. The van der Waals surface area contributed by atoms with Crippen LogP contribution in [0.4, 0.5) is 13.2 Å². The molecule has 18 heavy (non-hydrogen) atoms. The van der Waals surface area contributed by atoms with E-state index in [2.05, 4.69) is 14.5 Å². The molecular formula is C10H10F3NO4. The molecule has 0 spiro atoms. The van der Waals surface area contributed by atoms with Crippen LogP contribution in [0.3, 0.4) is 0 Å². The Kier molecular flexibility index (Phi) is 4.00. The first kappa shape index (κ1) is 14.1. The summed E-state index contributed by atoms with van der Waals surface area (Å²) in [6, 6.07) is 0.921. The summed E-state index contributed by atoms with van der Waals surface area (Å²) in [5.41, 5.74) is -0.586. The average molecular weight is 265 g/mol. The van der Waals surface area contributed by atoms with Gasteiger partial charge in [-0.3, -0.25) is 9.59 Å². The third-order valence-corrected chi connectivity index (χ3v) is 2.09. The van der Waals surface area contributed by atoms with Crippen LogP contribution in [-0.2, 0) is 16.0 Å². The second-order valence-corrected chi connectivity index (χ2v) is 3.42. The minimum Gasteiger partial charge on any atom is -0.469 e. The number of ether oxygens (including phenoxy) is 2. The Hall–Kier alpha value is -1.99. The molecule has 0 saturated heterocycles. The maximum absolute atomic E-state index is 12.0. The van der Waals surface area contributed by atoms with Gasteiger partial charge in [-0.25, -0.2) is 0 Å². The number of H-pyrrole nitrogens is 1. The highest BCUT2D eigenvalue weighted by Gasteiger charge is 2.32. The number of methoxy groups -OCH3 is 1. The van der Waals surface area contributed by atoms with E-state index < -0.39 is 23.6 Å². The fourth-order valence-corrected chi connectivity index (χ4v) is 1.25. The summed E-state index contributed by atoms with van der Waals surface area (Å²) in [5.74, 6) is -1.48. The van der Waals surface area contributed by atoms with Gasteiger partial charge >= 0.3 is 12.3 Å². The molecule has 0 atom stereocenters. The first-order valence-corrected chi connectivity index (χ1v) is 4.78. The number of alkyl halides is 3. The zero-order valence-electron chi connectivity index (χ0n) is 9.55. The van der Waals surface area contributed by atoms with Crippen LogP contribution in [0.5, 0.6) is 5.75 Å². The zero-order chi connectivity index (χ0) is 13.9. The summed E-state index contributed by atoms with van der Waals surface area (Å²) < 4.78 is 43.8. The van der Waals surface area contributed by atoms with Gasteiger partial charge in [0, 0.05) is 5.69 Å². The van der Waals surface area contributed by atoms with E-state index in [-0.39, 0.29) is 12.1 Å². The lowest BCUT2D eigenvalue weighted by Crippen LogP contribution is -2.24. The van der Waals surface area contributed by atoms with Crippen LogP contribution in [0, 0.1) is 6.92 Å². The largest absolute Gasteiger partial charge is 0.573 e. The lowest BCUT2D eigenvalue weighted by Gasteiger charge is -2.10. The molecule has 1 rings (SSSR count). The molecule has 8 heteroatoms. The van der Waals surface area contributed by atoms with Gasteiger partial charge in [0.1, 0.15) is 0 Å². The maximum Gasteiger partial charge on any atom is 0.573 e. The van der Waals surface area contributed by atoms with Crippen molar-refractivity contribution in [2.45, 2.75) is 19.7 Å². The van der Waals surface area contributed by atoms with Crippen LogP contribution in [0.25, 0.3) is 0 Å². The number of carbonyl (C=O) groups is 1. The van der Waals surface area contributed by atoms with Crippen LogP contribution in [0.2, 0.25) is 0 Å². The summed E-state index contributed by atoms with van der Waals surface area (Å²) >= 11 is 0. The van der Waals surface area contributed by atoms with Crippen molar-refractivity contribution in [2.75, 3.05) is 7.11 Å². The summed E-state index contributed by atoms with van der Waals surface area (Å²) in [6.07, 6.45) is -5.17. The lowest BCUT2D eigenvalue weighted by molar-refractivity contribution is -0.275. The molecule has 0 amide bonds. The highest BCUT2D eigenvalue weighted by molar-refractivity contribution is 5.72. The predicted octanol–water partition coefficient (Wildman–Crippen LogP) is 1.30. The number of halogens is 3. The maximum atomic E-state index is 12.0. The normalized spacial score (nSPS) is 11.2. The number of carbonyl (C=O) groups excluding carboxylic acids is 1. The number of rotatable bonds is 3. The Morgan fingerprint density at radius 1 is 1.44 bits per heavy atom. The number of aryl methyl sites for hydroxylation is 1. The molecule has 1 heterocycles. The van der Waals surface area contributed by atoms with E-state index in [0.717, 1.165) is 13.2 Å². The summed E-state index contributed by atoms with van der Waals surface area (Å²) in [6.45, 7) is 1.44. The minimum atomic E-state index is -4.94. The molecule has 0 aliphatic heterocycles. The van der Waals surface area contributed by atoms with E-state index in [9.17, 15) is 22.8 Å². The molecule has 0 saturated carbocycles. The Labute approximate surface area is 99.5 Å². The molecule has 0 aliphatic carbocycles. The number of hydrogen-bond donors (Lipinski definition) is 1. The third-order valence-electron chi connectivity index (χ3n) is 2.09. The molecule has 1 aromatic rings. The first-order valence-electron chi connectivity index (χ1n) is 4.78. The number of pyridine rings is 1. The number of aromatic amines is 1. The fraction of sp³-hybridized carbons (Fsp3) is 0.400. The van der Waals surface area contributed by atoms with Crippen LogP contribution in [-0.4, -0.2) is 24.4 Å². The van der Waals surface area contributed by atoms with Gasteiger partial charge in [-0.15, -0.1) is 13.2 Å². The molecule has 5 nitrogen and oxygen atoms in total. The lowest BCUT2D eigenvalue weighted by atomic mass is 10.1. The van der Waals surface area contributed by atoms with Crippen LogP contribution < -0.4 is 10.3 Å². The Morgan fingerprint density at radius 2 is 2.06 bits per heavy atom. The molecule has 0 aromatic carbocycles. The van der Waals surface area contributed by atoms with Crippen molar-refractivity contribution < 1.29 is 27.4 Å². The van der Waals surface area contributed by atoms with E-state index >= 15 is 0 Å². The van der Waals surface area contributed by atoms with Gasteiger partial charge in [0.25, 0.3) is 5.56 Å². The van der Waals surface area contributed by atoms with Crippen molar-refractivity contribution in [3.8, 4) is 5.75 Å². The number of hydrogen-bond acceptors (Lipinski definition) is 4. The SMILES string of the molecule is COC(=O)Cc1[nH]c(=O)c(OC(F)(F)F)cc1C. The molecule has 0 unspecified atom stereocenters. The number of esters is 1. The van der Waals surface area contributed by atoms with Crippen molar-refractivity contribution in [1.29, 1.82) is 0 Å². The predicted molar refractivity (Wildman–Crippen MR) is 54.2 cm³/mol. The van der Waals surface area contributed by atoms with E-state index in [0.29, 0.717) is 5.56 Å². The first-order chi connectivity index (χ1) is 8.23. The van der Waals surface area contributed by atoms with Gasteiger partial charge in [0.2, 0.25) is 0 Å². The monoisotopic (exact) mass is 265 g/mol. The second-order valence-electron chi connectivity index (χ2n) is 3.42. The summed E-state index contributed by atoms with van der Waals surface area (Å²) in [5, 5.41) is 0. The van der Waals surface area contributed by atoms with E-state index in [1.54, 1.807) is 0 Å². The van der Waals surface area contributed by atoms with Crippen molar-refractivity contribution in [1.82, 2.24) is 4.98 Å². The Morgan fingerprint density at radius 3 is 2.56 bits per heavy atom. The van der Waals surface area contributed by atoms with Gasteiger partial charge < -0.3 is 14.5 Å². The summed E-state index contributed by atoms with van der Waals surface area (Å²) in [4.78, 5) is 24.5. The highest BCUT2D eigenvalue weighted by atomic mass is 19.4. The van der Waals surface area contributed by atoms with Gasteiger partial charge in [0.05, 0.1) is 13.5 Å². The third kappa shape index (κ3) is 3.79. The standard InChI is InChI=1S/C10H10F3NO4/c1-5-3-7(18-10(11,12)13)9(16)14-6(5)4-8(15)17-2/h3H,4H2,1-2H3,(H,14,16). The molecule has 0 radical (unpaired) electrons. The van der Waals surface area contributed by atoms with Crippen molar-refractivity contribution in [2.24, 2.45) is 0 Å². The molecule has 0 fully saturated rings. The fourth-order valence-electron chi connectivity index (χ4n) is 1.25. The van der Waals surface area contributed by atoms with Gasteiger partial charge in [-0.2, -0.15) is 0 Å². The van der Waals surface area contributed by atoms with Crippen LogP contribution in [0.15, 0.2) is 10.9 Å². The minimum absolute atomic E-state index is 0.182. The molecule has 0 aliphatic rings.